The van der Waals surface area contributed by atoms with Crippen molar-refractivity contribution < 1.29 is 13.5 Å². The molecule has 2 nitrogen and oxygen atoms in total. The van der Waals surface area contributed by atoms with Gasteiger partial charge in [-0.1, -0.05) is 6.07 Å². The Kier molecular flexibility index (Phi) is 4.54. The highest BCUT2D eigenvalue weighted by molar-refractivity contribution is 9.10. The molecular formula is C13H9Br2F2NO. The lowest BCUT2D eigenvalue weighted by Gasteiger charge is -2.11. The van der Waals surface area contributed by atoms with Crippen molar-refractivity contribution in [1.82, 2.24) is 0 Å². The Bertz CT molecular complexity index is 620. The average Bonchev–Trinajstić information content (AvgIpc) is 2.38. The second-order valence-electron chi connectivity index (χ2n) is 3.73. The molecule has 0 aromatic heterocycles. The van der Waals surface area contributed by atoms with E-state index in [0.717, 1.165) is 0 Å². The van der Waals surface area contributed by atoms with Crippen LogP contribution >= 0.6 is 31.9 Å². The van der Waals surface area contributed by atoms with E-state index in [-0.39, 0.29) is 16.8 Å². The van der Waals surface area contributed by atoms with Crippen LogP contribution in [0.1, 0.15) is 5.56 Å². The molecule has 0 saturated heterocycles. The summed E-state index contributed by atoms with van der Waals surface area (Å²) in [5.74, 6) is -0.581. The maximum absolute atomic E-state index is 14.0. The van der Waals surface area contributed by atoms with Gasteiger partial charge in [-0.05, 0) is 61.7 Å². The summed E-state index contributed by atoms with van der Waals surface area (Å²) in [5.41, 5.74) is 6.12. The van der Waals surface area contributed by atoms with Crippen molar-refractivity contribution in [2.24, 2.45) is 5.73 Å². The summed E-state index contributed by atoms with van der Waals surface area (Å²) >= 11 is 6.28. The fourth-order valence-electron chi connectivity index (χ4n) is 1.48. The van der Waals surface area contributed by atoms with Gasteiger partial charge in [0.05, 0.1) is 8.95 Å². The van der Waals surface area contributed by atoms with Crippen LogP contribution in [0, 0.1) is 11.6 Å². The van der Waals surface area contributed by atoms with E-state index in [1.54, 1.807) is 6.07 Å². The topological polar surface area (TPSA) is 35.2 Å². The predicted molar refractivity (Wildman–Crippen MR) is 76.2 cm³/mol. The molecule has 2 N–H and O–H groups in total. The molecule has 6 heteroatoms. The molecule has 2 aromatic rings. The van der Waals surface area contributed by atoms with Crippen LogP contribution in [0.5, 0.6) is 11.5 Å². The first-order valence-electron chi connectivity index (χ1n) is 5.32. The second-order valence-corrected chi connectivity index (χ2v) is 5.38. The third-order valence-corrected chi connectivity index (χ3v) is 3.94. The molecule has 0 spiro atoms. The molecule has 0 radical (unpaired) electrons. The van der Waals surface area contributed by atoms with Crippen molar-refractivity contribution in [3.63, 3.8) is 0 Å². The first-order chi connectivity index (χ1) is 9.02. The molecule has 0 unspecified atom stereocenters. The quantitative estimate of drug-likeness (QED) is 0.818. The molecule has 2 aromatic carbocycles. The third-order valence-electron chi connectivity index (χ3n) is 2.46. The Labute approximate surface area is 125 Å². The first kappa shape index (κ1) is 14.4. The van der Waals surface area contributed by atoms with E-state index in [9.17, 15) is 8.78 Å². The lowest BCUT2D eigenvalue weighted by atomic mass is 10.2. The predicted octanol–water partition coefficient (Wildman–Crippen LogP) is 4.74. The van der Waals surface area contributed by atoms with Crippen LogP contribution in [0.3, 0.4) is 0 Å². The zero-order valence-corrected chi connectivity index (χ0v) is 12.8. The summed E-state index contributed by atoms with van der Waals surface area (Å²) in [6.07, 6.45) is 0. The van der Waals surface area contributed by atoms with Crippen LogP contribution in [0.2, 0.25) is 0 Å². The molecule has 19 heavy (non-hydrogen) atoms. The molecular weight excluding hydrogens is 384 g/mol. The number of hydrogen-bond acceptors (Lipinski definition) is 2. The smallest absolute Gasteiger partial charge is 0.180 e. The summed E-state index contributed by atoms with van der Waals surface area (Å²) in [6, 6.07) is 7.06. The van der Waals surface area contributed by atoms with Gasteiger partial charge in [0.2, 0.25) is 0 Å². The molecule has 2 rings (SSSR count). The van der Waals surface area contributed by atoms with Crippen molar-refractivity contribution in [3.05, 3.63) is 56.5 Å². The SMILES string of the molecule is NCc1ccc(Oc2ccc(F)cc2Br)c(F)c1Br. The second kappa shape index (κ2) is 5.98. The molecule has 0 heterocycles. The standard InChI is InChI=1S/C13H9Br2F2NO/c14-9-5-8(16)2-4-10(9)19-11-3-1-7(6-18)12(15)13(11)17/h1-5H,6,18H2. The fraction of sp³-hybridized carbons (Fsp3) is 0.0769. The maximum atomic E-state index is 14.0. The van der Waals surface area contributed by atoms with E-state index in [2.05, 4.69) is 31.9 Å². The number of rotatable bonds is 3. The summed E-state index contributed by atoms with van der Waals surface area (Å²) in [6.45, 7) is 0.220. The molecule has 100 valence electrons. The van der Waals surface area contributed by atoms with Gasteiger partial charge in [-0.2, -0.15) is 0 Å². The number of ether oxygens (including phenoxy) is 1. The molecule has 0 aliphatic heterocycles. The van der Waals surface area contributed by atoms with Crippen LogP contribution in [-0.4, -0.2) is 0 Å². The summed E-state index contributed by atoms with van der Waals surface area (Å²) < 4.78 is 33.1. The maximum Gasteiger partial charge on any atom is 0.180 e. The van der Waals surface area contributed by atoms with Gasteiger partial charge in [0.15, 0.2) is 11.6 Å². The fourth-order valence-corrected chi connectivity index (χ4v) is 2.41. The van der Waals surface area contributed by atoms with Crippen molar-refractivity contribution in [1.29, 1.82) is 0 Å². The van der Waals surface area contributed by atoms with E-state index in [1.165, 1.54) is 24.3 Å². The largest absolute Gasteiger partial charge is 0.453 e. The lowest BCUT2D eigenvalue weighted by molar-refractivity contribution is 0.436. The van der Waals surface area contributed by atoms with Crippen molar-refractivity contribution in [2.75, 3.05) is 0 Å². The molecule has 0 fully saturated rings. The Hall–Kier alpha value is -0.980. The van der Waals surface area contributed by atoms with E-state index in [0.29, 0.717) is 15.8 Å². The van der Waals surface area contributed by atoms with Crippen LogP contribution < -0.4 is 10.5 Å². The van der Waals surface area contributed by atoms with Crippen LogP contribution in [0.15, 0.2) is 39.3 Å². The Morgan fingerprint density at radius 2 is 1.74 bits per heavy atom. The van der Waals surface area contributed by atoms with Crippen LogP contribution in [0.25, 0.3) is 0 Å². The Morgan fingerprint density at radius 1 is 1.05 bits per heavy atom. The van der Waals surface area contributed by atoms with E-state index < -0.39 is 11.6 Å². The summed E-state index contributed by atoms with van der Waals surface area (Å²) in [5, 5.41) is 0. The number of benzene rings is 2. The molecule has 0 aliphatic carbocycles. The number of nitrogens with two attached hydrogens (primary N) is 1. The van der Waals surface area contributed by atoms with Gasteiger partial charge in [-0.3, -0.25) is 0 Å². The first-order valence-corrected chi connectivity index (χ1v) is 6.91. The van der Waals surface area contributed by atoms with Gasteiger partial charge < -0.3 is 10.5 Å². The molecule has 0 aliphatic rings. The van der Waals surface area contributed by atoms with Crippen molar-refractivity contribution in [2.45, 2.75) is 6.54 Å². The highest BCUT2D eigenvalue weighted by atomic mass is 79.9. The van der Waals surface area contributed by atoms with Crippen molar-refractivity contribution in [3.8, 4) is 11.5 Å². The lowest BCUT2D eigenvalue weighted by Crippen LogP contribution is -2.00. The van der Waals surface area contributed by atoms with Gasteiger partial charge in [-0.15, -0.1) is 0 Å². The van der Waals surface area contributed by atoms with Crippen molar-refractivity contribution >= 4 is 31.9 Å². The zero-order valence-electron chi connectivity index (χ0n) is 9.59. The van der Waals surface area contributed by atoms with Gasteiger partial charge in [0, 0.05) is 6.54 Å². The van der Waals surface area contributed by atoms with Gasteiger partial charge in [0.1, 0.15) is 11.6 Å². The number of halogens is 4. The van der Waals surface area contributed by atoms with Gasteiger partial charge in [0.25, 0.3) is 0 Å². The molecule has 0 saturated carbocycles. The number of hydrogen-bond donors (Lipinski definition) is 1. The normalized spacial score (nSPS) is 10.6. The highest BCUT2D eigenvalue weighted by Crippen LogP contribution is 2.34. The van der Waals surface area contributed by atoms with Gasteiger partial charge in [-0.25, -0.2) is 8.78 Å². The minimum Gasteiger partial charge on any atom is -0.453 e. The molecule has 0 bridgehead atoms. The summed E-state index contributed by atoms with van der Waals surface area (Å²) in [4.78, 5) is 0. The van der Waals surface area contributed by atoms with E-state index in [1.807, 2.05) is 0 Å². The Balaban J connectivity index is 2.36. The minimum absolute atomic E-state index is 0.0383. The van der Waals surface area contributed by atoms with E-state index >= 15 is 0 Å². The zero-order chi connectivity index (χ0) is 14.0. The molecule has 0 atom stereocenters. The third kappa shape index (κ3) is 3.13. The summed E-state index contributed by atoms with van der Waals surface area (Å²) in [7, 11) is 0. The highest BCUT2D eigenvalue weighted by Gasteiger charge is 2.13. The van der Waals surface area contributed by atoms with Gasteiger partial charge >= 0.3 is 0 Å². The minimum atomic E-state index is -0.542. The Morgan fingerprint density at radius 3 is 2.37 bits per heavy atom. The van der Waals surface area contributed by atoms with E-state index in [4.69, 9.17) is 10.5 Å². The van der Waals surface area contributed by atoms with Crippen LogP contribution in [-0.2, 0) is 6.54 Å². The average molecular weight is 393 g/mol. The van der Waals surface area contributed by atoms with Crippen LogP contribution in [0.4, 0.5) is 8.78 Å². The monoisotopic (exact) mass is 391 g/mol. The molecule has 0 amide bonds.